The molecule has 2 aromatic carbocycles. The molecule has 0 saturated heterocycles. The normalized spacial score (nSPS) is 12.1. The van der Waals surface area contributed by atoms with Crippen LogP contribution in [0.2, 0.25) is 0 Å². The van der Waals surface area contributed by atoms with Gasteiger partial charge in [0.1, 0.15) is 16.6 Å². The molecule has 0 aliphatic rings. The first-order valence-corrected chi connectivity index (χ1v) is 10.9. The van der Waals surface area contributed by atoms with E-state index in [0.29, 0.717) is 10.8 Å². The molecule has 0 fully saturated rings. The molecule has 9 heteroatoms. The van der Waals surface area contributed by atoms with Crippen LogP contribution in [0.15, 0.2) is 53.7 Å². The van der Waals surface area contributed by atoms with Crippen LogP contribution in [0.5, 0.6) is 0 Å². The molecule has 0 bridgehead atoms. The second-order valence-corrected chi connectivity index (χ2v) is 9.16. The van der Waals surface area contributed by atoms with Crippen molar-refractivity contribution in [2.45, 2.75) is 24.3 Å². The third kappa shape index (κ3) is 4.52. The Balaban J connectivity index is 1.43. The number of carbonyl (C=O) groups is 1. The zero-order valence-corrected chi connectivity index (χ0v) is 18.1. The first-order chi connectivity index (χ1) is 14.4. The number of anilines is 3. The Morgan fingerprint density at radius 1 is 1.03 bits per heavy atom. The number of carbonyl (C=O) groups excluding carboxylic acids is 1. The Morgan fingerprint density at radius 3 is 2.43 bits per heavy atom. The Morgan fingerprint density at radius 2 is 1.73 bits per heavy atom. The Hall–Kier alpha value is -3.17. The minimum atomic E-state index is -0.418. The fourth-order valence-electron chi connectivity index (χ4n) is 2.82. The number of fused-ring (bicyclic) bond motifs is 1. The minimum absolute atomic E-state index is 0.159. The molecule has 1 unspecified atom stereocenters. The van der Waals surface area contributed by atoms with E-state index >= 15 is 0 Å². The van der Waals surface area contributed by atoms with Gasteiger partial charge in [0.15, 0.2) is 5.16 Å². The maximum Gasteiger partial charge on any atom is 0.237 e. The number of rotatable bonds is 5. The molecule has 4 rings (SSSR count). The van der Waals surface area contributed by atoms with Gasteiger partial charge in [-0.15, -0.1) is 11.3 Å². The second-order valence-electron chi connectivity index (χ2n) is 6.82. The van der Waals surface area contributed by atoms with Crippen molar-refractivity contribution in [2.24, 2.45) is 0 Å². The smallest absolute Gasteiger partial charge is 0.237 e. The summed E-state index contributed by atoms with van der Waals surface area (Å²) in [5.41, 5.74) is 15.3. The lowest BCUT2D eigenvalue weighted by Crippen LogP contribution is -2.22. The number of benzene rings is 2. The molecule has 30 heavy (non-hydrogen) atoms. The van der Waals surface area contributed by atoms with E-state index in [0.717, 1.165) is 20.8 Å². The highest BCUT2D eigenvalue weighted by atomic mass is 32.2. The van der Waals surface area contributed by atoms with E-state index in [1.165, 1.54) is 23.4 Å². The van der Waals surface area contributed by atoms with Crippen LogP contribution in [-0.4, -0.2) is 26.1 Å². The van der Waals surface area contributed by atoms with Gasteiger partial charge < -0.3 is 16.8 Å². The fourth-order valence-corrected chi connectivity index (χ4v) is 4.69. The quantitative estimate of drug-likeness (QED) is 0.314. The predicted octanol–water partition coefficient (Wildman–Crippen LogP) is 4.35. The largest absolute Gasteiger partial charge is 0.383 e. The molecule has 0 aliphatic carbocycles. The summed E-state index contributed by atoms with van der Waals surface area (Å²) in [5, 5.41) is 3.82. The van der Waals surface area contributed by atoms with Crippen molar-refractivity contribution in [3.63, 3.8) is 0 Å². The molecule has 152 valence electrons. The number of amides is 1. The molecule has 2 aromatic heterocycles. The summed E-state index contributed by atoms with van der Waals surface area (Å²) in [5.74, 6) is 0.393. The number of hydrogen-bond acceptors (Lipinski definition) is 8. The van der Waals surface area contributed by atoms with Crippen molar-refractivity contribution < 1.29 is 4.79 Å². The molecule has 2 heterocycles. The van der Waals surface area contributed by atoms with Gasteiger partial charge in [-0.3, -0.25) is 4.79 Å². The second kappa shape index (κ2) is 8.29. The number of thiazole rings is 1. The standard InChI is InChI=1S/C21H20N6OS2/c1-11-3-8-15-16(9-11)30-20(25-15)13-4-6-14(7-5-13)24-19(28)12(2)29-21-26-17(22)10-18(23)27-21/h3-10,12H,1-2H3,(H,24,28)(H4,22,23,26,27). The van der Waals surface area contributed by atoms with Crippen molar-refractivity contribution >= 4 is 56.5 Å². The molecular formula is C21H20N6OS2. The molecule has 0 saturated carbocycles. The van der Waals surface area contributed by atoms with Crippen LogP contribution in [0, 0.1) is 6.92 Å². The van der Waals surface area contributed by atoms with Crippen molar-refractivity contribution in [3.8, 4) is 10.6 Å². The number of nitrogen functional groups attached to an aromatic ring is 2. The fraction of sp³-hybridized carbons (Fsp3) is 0.143. The van der Waals surface area contributed by atoms with Gasteiger partial charge in [-0.2, -0.15) is 0 Å². The lowest BCUT2D eigenvalue weighted by molar-refractivity contribution is -0.115. The van der Waals surface area contributed by atoms with Crippen LogP contribution < -0.4 is 16.8 Å². The van der Waals surface area contributed by atoms with Gasteiger partial charge >= 0.3 is 0 Å². The van der Waals surface area contributed by atoms with Gasteiger partial charge in [0, 0.05) is 17.3 Å². The van der Waals surface area contributed by atoms with Crippen molar-refractivity contribution in [1.29, 1.82) is 0 Å². The van der Waals surface area contributed by atoms with Crippen LogP contribution in [-0.2, 0) is 4.79 Å². The first kappa shape index (κ1) is 20.1. The maximum atomic E-state index is 12.5. The summed E-state index contributed by atoms with van der Waals surface area (Å²) in [6.07, 6.45) is 0. The van der Waals surface area contributed by atoms with E-state index < -0.39 is 5.25 Å². The Kier molecular flexibility index (Phi) is 5.56. The van der Waals surface area contributed by atoms with Crippen LogP contribution >= 0.6 is 23.1 Å². The average molecular weight is 437 g/mol. The highest BCUT2D eigenvalue weighted by Gasteiger charge is 2.17. The summed E-state index contributed by atoms with van der Waals surface area (Å²) in [7, 11) is 0. The number of nitrogens with zero attached hydrogens (tertiary/aromatic N) is 3. The Labute approximate surface area is 182 Å². The highest BCUT2D eigenvalue weighted by Crippen LogP contribution is 2.31. The van der Waals surface area contributed by atoms with Gasteiger partial charge in [-0.05, 0) is 55.8 Å². The monoisotopic (exact) mass is 436 g/mol. The summed E-state index contributed by atoms with van der Waals surface area (Å²) in [6.45, 7) is 3.85. The molecule has 0 aliphatic heterocycles. The summed E-state index contributed by atoms with van der Waals surface area (Å²) in [6, 6.07) is 15.4. The number of nitrogens with one attached hydrogen (secondary N) is 1. The minimum Gasteiger partial charge on any atom is -0.383 e. The van der Waals surface area contributed by atoms with Crippen molar-refractivity contribution in [1.82, 2.24) is 15.0 Å². The average Bonchev–Trinajstić information content (AvgIpc) is 3.10. The number of aryl methyl sites for hydroxylation is 1. The predicted molar refractivity (Wildman–Crippen MR) is 125 cm³/mol. The zero-order chi connectivity index (χ0) is 21.3. The lowest BCUT2D eigenvalue weighted by Gasteiger charge is -2.12. The molecule has 7 nitrogen and oxygen atoms in total. The van der Waals surface area contributed by atoms with E-state index in [1.807, 2.05) is 30.3 Å². The molecule has 5 N–H and O–H groups in total. The number of thioether (sulfide) groups is 1. The zero-order valence-electron chi connectivity index (χ0n) is 16.4. The summed E-state index contributed by atoms with van der Waals surface area (Å²) in [4.78, 5) is 25.4. The topological polar surface area (TPSA) is 120 Å². The molecule has 0 radical (unpaired) electrons. The van der Waals surface area contributed by atoms with Crippen LogP contribution in [0.1, 0.15) is 12.5 Å². The van der Waals surface area contributed by atoms with E-state index in [4.69, 9.17) is 16.5 Å². The lowest BCUT2D eigenvalue weighted by atomic mass is 10.2. The molecule has 1 atom stereocenters. The Bertz CT molecular complexity index is 1200. The third-order valence-corrected chi connectivity index (χ3v) is 6.37. The van der Waals surface area contributed by atoms with Crippen LogP contribution in [0.25, 0.3) is 20.8 Å². The van der Waals surface area contributed by atoms with Gasteiger partial charge in [0.25, 0.3) is 0 Å². The van der Waals surface area contributed by atoms with Gasteiger partial charge in [0.2, 0.25) is 5.91 Å². The third-order valence-electron chi connectivity index (χ3n) is 4.34. The molecule has 4 aromatic rings. The van der Waals surface area contributed by atoms with Crippen LogP contribution in [0.3, 0.4) is 0 Å². The van der Waals surface area contributed by atoms with E-state index in [2.05, 4.69) is 34.3 Å². The molecule has 1 amide bonds. The highest BCUT2D eigenvalue weighted by molar-refractivity contribution is 8.00. The van der Waals surface area contributed by atoms with E-state index in [9.17, 15) is 4.79 Å². The van der Waals surface area contributed by atoms with Gasteiger partial charge in [0.05, 0.1) is 15.5 Å². The summed E-state index contributed by atoms with van der Waals surface area (Å²) >= 11 is 2.86. The van der Waals surface area contributed by atoms with E-state index in [-0.39, 0.29) is 17.5 Å². The van der Waals surface area contributed by atoms with Gasteiger partial charge in [-0.1, -0.05) is 17.8 Å². The van der Waals surface area contributed by atoms with Crippen LogP contribution in [0.4, 0.5) is 17.3 Å². The van der Waals surface area contributed by atoms with E-state index in [1.54, 1.807) is 18.3 Å². The van der Waals surface area contributed by atoms with Crippen molar-refractivity contribution in [2.75, 3.05) is 16.8 Å². The SMILES string of the molecule is Cc1ccc2nc(-c3ccc(NC(=O)C(C)Sc4nc(N)cc(N)n4)cc3)sc2c1. The molecular weight excluding hydrogens is 416 g/mol. The number of hydrogen-bond donors (Lipinski definition) is 3. The number of aromatic nitrogens is 3. The molecule has 0 spiro atoms. The summed E-state index contributed by atoms with van der Waals surface area (Å²) < 4.78 is 1.16. The number of nitrogens with two attached hydrogens (primary N) is 2. The van der Waals surface area contributed by atoms with Gasteiger partial charge in [-0.25, -0.2) is 15.0 Å². The maximum absolute atomic E-state index is 12.5. The first-order valence-electron chi connectivity index (χ1n) is 9.22. The van der Waals surface area contributed by atoms with Crippen molar-refractivity contribution in [3.05, 3.63) is 54.1 Å².